The molecule has 2 aliphatic rings. The van der Waals surface area contributed by atoms with E-state index in [4.69, 9.17) is 0 Å². The molecule has 4 heteroatoms. The summed E-state index contributed by atoms with van der Waals surface area (Å²) in [5.74, 6) is 1.36. The first kappa shape index (κ1) is 12.5. The van der Waals surface area contributed by atoms with Crippen LogP contribution >= 0.6 is 0 Å². The van der Waals surface area contributed by atoms with Gasteiger partial charge in [0.25, 0.3) is 5.56 Å². The fourth-order valence-electron chi connectivity index (χ4n) is 3.08. The molecule has 0 spiro atoms. The van der Waals surface area contributed by atoms with E-state index in [9.17, 15) is 4.79 Å². The quantitative estimate of drug-likeness (QED) is 0.855. The highest BCUT2D eigenvalue weighted by molar-refractivity contribution is 5.98. The van der Waals surface area contributed by atoms with Gasteiger partial charge in [0.2, 0.25) is 0 Å². The molecule has 1 aliphatic carbocycles. The number of hydrogen-bond acceptors (Lipinski definition) is 3. The maximum absolute atomic E-state index is 12.0. The predicted octanol–water partition coefficient (Wildman–Crippen LogP) is 2.16. The Morgan fingerprint density at radius 3 is 2.74 bits per heavy atom. The first-order valence-corrected chi connectivity index (χ1v) is 7.36. The van der Waals surface area contributed by atoms with Gasteiger partial charge in [0, 0.05) is 30.4 Å². The predicted molar refractivity (Wildman–Crippen MR) is 76.9 cm³/mol. The lowest BCUT2D eigenvalue weighted by Crippen LogP contribution is -2.31. The molecule has 102 valence electrons. The Labute approximate surface area is 113 Å². The van der Waals surface area contributed by atoms with Crippen molar-refractivity contribution in [2.24, 2.45) is 4.99 Å². The van der Waals surface area contributed by atoms with Crippen LogP contribution in [0.1, 0.15) is 55.6 Å². The van der Waals surface area contributed by atoms with E-state index in [2.05, 4.69) is 15.3 Å². The maximum Gasteiger partial charge on any atom is 0.251 e. The van der Waals surface area contributed by atoms with Crippen molar-refractivity contribution in [1.82, 2.24) is 10.3 Å². The van der Waals surface area contributed by atoms with Crippen LogP contribution in [0, 0.1) is 0 Å². The zero-order valence-corrected chi connectivity index (χ0v) is 11.2. The van der Waals surface area contributed by atoms with Gasteiger partial charge in [0.1, 0.15) is 5.84 Å². The zero-order chi connectivity index (χ0) is 13.1. The molecule has 0 atom stereocenters. The number of pyridine rings is 1. The van der Waals surface area contributed by atoms with E-state index in [1.165, 1.54) is 19.3 Å². The smallest absolute Gasteiger partial charge is 0.251 e. The summed E-state index contributed by atoms with van der Waals surface area (Å²) < 4.78 is 0. The van der Waals surface area contributed by atoms with Crippen LogP contribution in [0.25, 0.3) is 0 Å². The number of nitrogens with one attached hydrogen (secondary N) is 2. The molecule has 3 rings (SSSR count). The van der Waals surface area contributed by atoms with E-state index in [-0.39, 0.29) is 5.56 Å². The number of aromatic nitrogens is 1. The molecule has 1 saturated carbocycles. The zero-order valence-electron chi connectivity index (χ0n) is 11.2. The molecule has 2 N–H and O–H groups in total. The average molecular weight is 259 g/mol. The second-order valence-electron chi connectivity index (χ2n) is 5.52. The van der Waals surface area contributed by atoms with Crippen LogP contribution in [0.2, 0.25) is 0 Å². The summed E-state index contributed by atoms with van der Waals surface area (Å²) in [4.78, 5) is 19.4. The van der Waals surface area contributed by atoms with E-state index >= 15 is 0 Å². The van der Waals surface area contributed by atoms with Gasteiger partial charge in [0.05, 0.1) is 0 Å². The summed E-state index contributed by atoms with van der Waals surface area (Å²) >= 11 is 0. The van der Waals surface area contributed by atoms with E-state index in [0.29, 0.717) is 5.92 Å². The molecule has 4 nitrogen and oxygen atoms in total. The van der Waals surface area contributed by atoms with Crippen molar-refractivity contribution in [2.45, 2.75) is 44.4 Å². The van der Waals surface area contributed by atoms with Crippen molar-refractivity contribution in [2.75, 3.05) is 13.1 Å². The summed E-state index contributed by atoms with van der Waals surface area (Å²) in [5.41, 5.74) is 2.05. The van der Waals surface area contributed by atoms with E-state index < -0.39 is 0 Å². The van der Waals surface area contributed by atoms with Gasteiger partial charge in [-0.25, -0.2) is 0 Å². The Hall–Kier alpha value is -1.58. The first-order valence-electron chi connectivity index (χ1n) is 7.36. The molecule has 0 unspecified atom stereocenters. The summed E-state index contributed by atoms with van der Waals surface area (Å²) in [6.45, 7) is 1.84. The minimum atomic E-state index is 0.0760. The Morgan fingerprint density at radius 1 is 1.16 bits per heavy atom. The van der Waals surface area contributed by atoms with Crippen molar-refractivity contribution in [1.29, 1.82) is 0 Å². The molecule has 1 aromatic heterocycles. The first-order chi connectivity index (χ1) is 9.34. The lowest BCUT2D eigenvalue weighted by molar-refractivity contribution is 0.441. The topological polar surface area (TPSA) is 57.2 Å². The van der Waals surface area contributed by atoms with Crippen LogP contribution in [-0.4, -0.2) is 23.9 Å². The second kappa shape index (κ2) is 5.59. The molecule has 0 bridgehead atoms. The standard InChI is InChI=1S/C15H21N3O/c19-15-13(11-5-2-1-3-6-11)9-12(10-18-15)14-16-7-4-8-17-14/h9-11H,1-8H2,(H,16,17)(H,18,19). The van der Waals surface area contributed by atoms with Crippen molar-refractivity contribution in [3.8, 4) is 0 Å². The Bertz CT molecular complexity index is 526. The highest BCUT2D eigenvalue weighted by Gasteiger charge is 2.19. The number of hydrogen-bond donors (Lipinski definition) is 2. The Morgan fingerprint density at radius 2 is 2.00 bits per heavy atom. The average Bonchev–Trinajstić information content (AvgIpc) is 2.49. The monoisotopic (exact) mass is 259 g/mol. The minimum absolute atomic E-state index is 0.0760. The van der Waals surface area contributed by atoms with Crippen LogP contribution in [0.4, 0.5) is 0 Å². The molecular formula is C15H21N3O. The van der Waals surface area contributed by atoms with Crippen molar-refractivity contribution in [3.63, 3.8) is 0 Å². The molecule has 1 aromatic rings. The summed E-state index contributed by atoms with van der Waals surface area (Å²) in [7, 11) is 0. The molecule has 0 saturated heterocycles. The van der Waals surface area contributed by atoms with Crippen molar-refractivity contribution < 1.29 is 0 Å². The van der Waals surface area contributed by atoms with Gasteiger partial charge in [-0.2, -0.15) is 0 Å². The maximum atomic E-state index is 12.0. The summed E-state index contributed by atoms with van der Waals surface area (Å²) in [6, 6.07) is 2.05. The van der Waals surface area contributed by atoms with Crippen LogP contribution < -0.4 is 10.9 Å². The van der Waals surface area contributed by atoms with Gasteiger partial charge >= 0.3 is 0 Å². The van der Waals surface area contributed by atoms with E-state index in [1.807, 2.05) is 6.07 Å². The third kappa shape index (κ3) is 2.72. The SMILES string of the molecule is O=c1[nH]cc(C2=NCCCN2)cc1C1CCCCC1. The number of amidine groups is 1. The largest absolute Gasteiger partial charge is 0.370 e. The summed E-state index contributed by atoms with van der Waals surface area (Å²) in [6.07, 6.45) is 8.95. The van der Waals surface area contributed by atoms with E-state index in [1.54, 1.807) is 6.20 Å². The third-order valence-electron chi connectivity index (χ3n) is 4.15. The van der Waals surface area contributed by atoms with Crippen LogP contribution in [-0.2, 0) is 0 Å². The lowest BCUT2D eigenvalue weighted by atomic mass is 9.84. The number of nitrogens with zero attached hydrogens (tertiary/aromatic N) is 1. The normalized spacial score (nSPS) is 20.7. The fourth-order valence-corrected chi connectivity index (χ4v) is 3.08. The molecule has 19 heavy (non-hydrogen) atoms. The van der Waals surface area contributed by atoms with Crippen molar-refractivity contribution in [3.05, 3.63) is 33.7 Å². The van der Waals surface area contributed by atoms with Crippen LogP contribution in [0.5, 0.6) is 0 Å². The lowest BCUT2D eigenvalue weighted by Gasteiger charge is -2.22. The van der Waals surface area contributed by atoms with Crippen LogP contribution in [0.15, 0.2) is 22.1 Å². The van der Waals surface area contributed by atoms with Crippen molar-refractivity contribution >= 4 is 5.84 Å². The van der Waals surface area contributed by atoms with Gasteiger partial charge in [-0.15, -0.1) is 0 Å². The second-order valence-corrected chi connectivity index (χ2v) is 5.52. The number of aromatic amines is 1. The molecule has 0 radical (unpaired) electrons. The van der Waals surface area contributed by atoms with Gasteiger partial charge in [-0.05, 0) is 31.2 Å². The Balaban J connectivity index is 1.91. The molecule has 1 fully saturated rings. The van der Waals surface area contributed by atoms with Gasteiger partial charge in [-0.3, -0.25) is 9.79 Å². The highest BCUT2D eigenvalue weighted by Crippen LogP contribution is 2.31. The number of H-pyrrole nitrogens is 1. The molecule has 0 amide bonds. The number of rotatable bonds is 2. The van der Waals surface area contributed by atoms with Crippen LogP contribution in [0.3, 0.4) is 0 Å². The Kier molecular flexibility index (Phi) is 3.67. The van der Waals surface area contributed by atoms with Gasteiger partial charge in [0.15, 0.2) is 0 Å². The van der Waals surface area contributed by atoms with E-state index in [0.717, 1.165) is 49.3 Å². The molecule has 1 aliphatic heterocycles. The molecular weight excluding hydrogens is 238 g/mol. The molecule has 2 heterocycles. The fraction of sp³-hybridized carbons (Fsp3) is 0.600. The summed E-state index contributed by atoms with van der Waals surface area (Å²) in [5, 5.41) is 3.31. The van der Waals surface area contributed by atoms with Gasteiger partial charge in [-0.1, -0.05) is 19.3 Å². The highest BCUT2D eigenvalue weighted by atomic mass is 16.1. The molecule has 0 aromatic carbocycles. The third-order valence-corrected chi connectivity index (χ3v) is 4.15. The number of aliphatic imine (C=N–C) groups is 1. The van der Waals surface area contributed by atoms with Gasteiger partial charge < -0.3 is 10.3 Å². The minimum Gasteiger partial charge on any atom is -0.370 e.